The van der Waals surface area contributed by atoms with Gasteiger partial charge in [-0.1, -0.05) is 12.2 Å². The molecule has 1 heterocycles. The first-order valence-corrected chi connectivity index (χ1v) is 3.17. The summed E-state index contributed by atoms with van der Waals surface area (Å²) in [5, 5.41) is 11.6. The van der Waals surface area contributed by atoms with Crippen molar-refractivity contribution in [1.29, 1.82) is 0 Å². The molecule has 0 fully saturated rings. The van der Waals surface area contributed by atoms with Crippen LogP contribution in [0.25, 0.3) is 0 Å². The number of hydrogen-bond acceptors (Lipinski definition) is 4. The Labute approximate surface area is 105 Å². The van der Waals surface area contributed by atoms with Gasteiger partial charge in [0.1, 0.15) is 0 Å². The second kappa shape index (κ2) is 4.89. The van der Waals surface area contributed by atoms with E-state index in [-0.39, 0.29) is 56.4 Å². The minimum Gasteiger partial charge on any atom is -0.863 e. The van der Waals surface area contributed by atoms with Gasteiger partial charge in [-0.2, -0.15) is 4.37 Å². The van der Waals surface area contributed by atoms with Crippen LogP contribution in [0.15, 0.2) is 11.4 Å². The van der Waals surface area contributed by atoms with Crippen LogP contribution >= 0.6 is 23.8 Å². The van der Waals surface area contributed by atoms with E-state index in [0.717, 1.165) is 0 Å². The monoisotopic (exact) mass is 183 g/mol. The fourth-order valence-corrected chi connectivity index (χ4v) is 0.997. The van der Waals surface area contributed by atoms with E-state index in [4.69, 9.17) is 0 Å². The van der Waals surface area contributed by atoms with Gasteiger partial charge in [0, 0.05) is 5.38 Å². The summed E-state index contributed by atoms with van der Waals surface area (Å²) in [4.78, 5) is 0. The van der Waals surface area contributed by atoms with E-state index in [1.807, 2.05) is 0 Å². The Morgan fingerprint density at radius 3 is 2.67 bits per heavy atom. The third-order valence-corrected chi connectivity index (χ3v) is 1.42. The maximum atomic E-state index is 10.3. The summed E-state index contributed by atoms with van der Waals surface area (Å²) < 4.78 is 3.70. The second-order valence-corrected chi connectivity index (χ2v) is 2.21. The smallest absolute Gasteiger partial charge is 0.863 e. The third kappa shape index (κ3) is 3.17. The summed E-state index contributed by atoms with van der Waals surface area (Å²) in [5.74, 6) is 0. The van der Waals surface area contributed by atoms with Gasteiger partial charge in [0.15, 0.2) is 0 Å². The molecule has 0 aromatic carbocycles. The second-order valence-electron chi connectivity index (χ2n) is 1.17. The Kier molecular flexibility index (Phi) is 5.52. The molecule has 0 N–H and O–H groups in total. The molecular weight excluding hydrogens is 181 g/mol. The average molecular weight is 183 g/mol. The van der Waals surface area contributed by atoms with Crippen molar-refractivity contribution in [2.24, 2.45) is 0 Å². The van der Waals surface area contributed by atoms with Crippen molar-refractivity contribution < 1.29 is 56.5 Å². The Morgan fingerprint density at radius 1 is 1.78 bits per heavy atom. The fourth-order valence-electron chi connectivity index (χ4n) is 0.318. The standard InChI is InChI=1S/C4H3NOS2.K/c6-4(7)3-1-2-8-5-3;/h1-2H,(H,6,7);/q;+1/p-1. The molecule has 0 bridgehead atoms. The van der Waals surface area contributed by atoms with Crippen molar-refractivity contribution >= 4 is 28.8 Å². The van der Waals surface area contributed by atoms with Crippen molar-refractivity contribution in [2.75, 3.05) is 0 Å². The Balaban J connectivity index is 0.000000640. The maximum absolute atomic E-state index is 10.3. The molecule has 1 aromatic rings. The molecule has 1 aromatic heterocycles. The zero-order chi connectivity index (χ0) is 5.98. The van der Waals surface area contributed by atoms with Gasteiger partial charge in [0.2, 0.25) is 0 Å². The van der Waals surface area contributed by atoms with Gasteiger partial charge in [0.25, 0.3) is 0 Å². The molecule has 42 valence electrons. The van der Waals surface area contributed by atoms with Gasteiger partial charge in [-0.15, -0.1) is 0 Å². The van der Waals surface area contributed by atoms with Crippen LogP contribution in [0, 0.1) is 0 Å². The minimum atomic E-state index is -0.383. The van der Waals surface area contributed by atoms with Gasteiger partial charge in [-0.25, -0.2) is 0 Å². The van der Waals surface area contributed by atoms with Gasteiger partial charge < -0.3 is 5.11 Å². The van der Waals surface area contributed by atoms with E-state index in [1.165, 1.54) is 11.5 Å². The number of aromatic nitrogens is 1. The molecule has 9 heavy (non-hydrogen) atoms. The molecule has 0 saturated carbocycles. The van der Waals surface area contributed by atoms with Crippen LogP contribution in [-0.4, -0.2) is 9.42 Å². The predicted molar refractivity (Wildman–Crippen MR) is 33.8 cm³/mol. The van der Waals surface area contributed by atoms with Crippen molar-refractivity contribution in [2.45, 2.75) is 0 Å². The number of thiocarbonyl (C=S) groups is 1. The SMILES string of the molecule is [K+].[O-]C(=S)c1ccsn1. The summed E-state index contributed by atoms with van der Waals surface area (Å²) in [7, 11) is 0. The van der Waals surface area contributed by atoms with Crippen LogP contribution in [0.5, 0.6) is 0 Å². The van der Waals surface area contributed by atoms with Gasteiger partial charge in [-0.05, 0) is 22.6 Å². The van der Waals surface area contributed by atoms with Gasteiger partial charge >= 0.3 is 51.4 Å². The number of nitrogens with zero attached hydrogens (tertiary/aromatic N) is 1. The molecule has 0 aliphatic carbocycles. The maximum Gasteiger partial charge on any atom is 1.00 e. The largest absolute Gasteiger partial charge is 1.00 e. The van der Waals surface area contributed by atoms with E-state index >= 15 is 0 Å². The Bertz CT molecular complexity index is 186. The van der Waals surface area contributed by atoms with Crippen molar-refractivity contribution in [3.63, 3.8) is 0 Å². The molecule has 0 saturated heterocycles. The minimum absolute atomic E-state index is 0. The van der Waals surface area contributed by atoms with Crippen LogP contribution in [0.4, 0.5) is 0 Å². The molecule has 0 unspecified atom stereocenters. The quantitative estimate of drug-likeness (QED) is 0.348. The molecule has 1 rings (SSSR count). The zero-order valence-electron chi connectivity index (χ0n) is 4.83. The molecule has 0 atom stereocenters. The molecule has 2 nitrogen and oxygen atoms in total. The first-order valence-electron chi connectivity index (χ1n) is 1.92. The number of rotatable bonds is 1. The van der Waals surface area contributed by atoms with E-state index < -0.39 is 0 Å². The molecule has 0 aliphatic heterocycles. The summed E-state index contributed by atoms with van der Waals surface area (Å²) in [6, 6.07) is 1.61. The molecular formula is C4H2KNOS2. The molecule has 0 aliphatic rings. The summed E-state index contributed by atoms with van der Waals surface area (Å²) in [6.07, 6.45) is 0. The van der Waals surface area contributed by atoms with Crippen molar-refractivity contribution in [3.05, 3.63) is 17.1 Å². The fraction of sp³-hybridized carbons (Fsp3) is 0. The summed E-state index contributed by atoms with van der Waals surface area (Å²) >= 11 is 5.53. The number of hydrogen-bond donors (Lipinski definition) is 0. The predicted octanol–water partition coefficient (Wildman–Crippen LogP) is -2.82. The summed E-state index contributed by atoms with van der Waals surface area (Å²) in [5.41, 5.74) is 0.380. The normalized spacial score (nSPS) is 8.00. The van der Waals surface area contributed by atoms with E-state index in [0.29, 0.717) is 5.69 Å². The van der Waals surface area contributed by atoms with Gasteiger partial charge in [0.05, 0.1) is 5.69 Å². The molecule has 0 spiro atoms. The third-order valence-electron chi connectivity index (χ3n) is 0.647. The molecule has 0 radical (unpaired) electrons. The van der Waals surface area contributed by atoms with Crippen LogP contribution < -0.4 is 56.5 Å². The first-order chi connectivity index (χ1) is 3.80. The van der Waals surface area contributed by atoms with Crippen molar-refractivity contribution in [3.8, 4) is 0 Å². The Hall–Kier alpha value is 1.16. The van der Waals surface area contributed by atoms with Crippen molar-refractivity contribution in [1.82, 2.24) is 4.37 Å². The van der Waals surface area contributed by atoms with Crippen LogP contribution in [0.1, 0.15) is 5.69 Å². The van der Waals surface area contributed by atoms with Gasteiger partial charge in [-0.3, -0.25) is 0 Å². The average Bonchev–Trinajstić information content (AvgIpc) is 2.12. The van der Waals surface area contributed by atoms with Crippen LogP contribution in [0.2, 0.25) is 0 Å². The van der Waals surface area contributed by atoms with E-state index in [9.17, 15) is 5.11 Å². The van der Waals surface area contributed by atoms with Crippen LogP contribution in [0.3, 0.4) is 0 Å². The Morgan fingerprint density at radius 2 is 2.44 bits per heavy atom. The molecule has 0 amide bonds. The summed E-state index contributed by atoms with van der Waals surface area (Å²) in [6.45, 7) is 0. The van der Waals surface area contributed by atoms with E-state index in [1.54, 1.807) is 11.4 Å². The first kappa shape index (κ1) is 10.2. The van der Waals surface area contributed by atoms with Crippen LogP contribution in [-0.2, 0) is 0 Å². The van der Waals surface area contributed by atoms with E-state index in [2.05, 4.69) is 16.6 Å². The zero-order valence-corrected chi connectivity index (χ0v) is 9.58. The topological polar surface area (TPSA) is 36.0 Å². The molecule has 5 heteroatoms.